The van der Waals surface area contributed by atoms with Gasteiger partial charge in [0, 0.05) is 33.7 Å². The van der Waals surface area contributed by atoms with Gasteiger partial charge in [-0.15, -0.1) is 0 Å². The van der Waals surface area contributed by atoms with Gasteiger partial charge in [0.05, 0.1) is 5.69 Å². The molecule has 4 nitrogen and oxygen atoms in total. The number of hydrogen-bond acceptors (Lipinski definition) is 5. The van der Waals surface area contributed by atoms with Crippen LogP contribution >= 0.6 is 47.2 Å². The van der Waals surface area contributed by atoms with Gasteiger partial charge < -0.3 is 4.98 Å². The monoisotopic (exact) mass is 458 g/mol. The summed E-state index contributed by atoms with van der Waals surface area (Å²) in [5.74, 6) is 0. The molecule has 2 aromatic heterocycles. The molecular formula is C21H16Cl2N4S2. The summed E-state index contributed by atoms with van der Waals surface area (Å²) in [5, 5.41) is 2.24. The van der Waals surface area contributed by atoms with Crippen molar-refractivity contribution >= 4 is 47.2 Å². The van der Waals surface area contributed by atoms with E-state index in [-0.39, 0.29) is 0 Å². The molecular weight excluding hydrogens is 443 g/mol. The number of rotatable bonds is 3. The molecule has 0 aliphatic heterocycles. The third-order valence-electron chi connectivity index (χ3n) is 3.79. The Morgan fingerprint density at radius 2 is 1.38 bits per heavy atom. The van der Waals surface area contributed by atoms with E-state index in [9.17, 15) is 0 Å². The molecule has 4 rings (SSSR count). The van der Waals surface area contributed by atoms with E-state index in [0.717, 1.165) is 37.7 Å². The standard InChI is InChI=1S/C11H9ClN2S.C10H7ClN2S/c1-15-11-13-7-6-10(14-11)8-2-4-9(12)5-3-8;11-8-3-1-7(2-4-8)9-5-6-12-10(14)13-9/h2-7H,1H3;1-6H,(H,12,13,14). The SMILES string of the molecule is CSc1nccc(-c2ccc(Cl)cc2)n1.S=c1nccc(-c2ccc(Cl)cc2)[nH]1. The van der Waals surface area contributed by atoms with Gasteiger partial charge in [0.2, 0.25) is 0 Å². The second-order valence-electron chi connectivity index (χ2n) is 5.73. The molecule has 29 heavy (non-hydrogen) atoms. The minimum atomic E-state index is 0.484. The largest absolute Gasteiger partial charge is 0.330 e. The van der Waals surface area contributed by atoms with Gasteiger partial charge in [0.15, 0.2) is 9.93 Å². The van der Waals surface area contributed by atoms with Gasteiger partial charge in [-0.05, 0) is 60.4 Å². The predicted octanol–water partition coefficient (Wildman–Crippen LogP) is 6.98. The van der Waals surface area contributed by atoms with Crippen LogP contribution in [0.15, 0.2) is 78.2 Å². The third-order valence-corrected chi connectivity index (χ3v) is 5.06. The summed E-state index contributed by atoms with van der Waals surface area (Å²) < 4.78 is 0.484. The van der Waals surface area contributed by atoms with Gasteiger partial charge in [0.25, 0.3) is 0 Å². The van der Waals surface area contributed by atoms with Crippen LogP contribution in [-0.4, -0.2) is 26.2 Å². The molecule has 0 saturated carbocycles. The Labute approximate surface area is 188 Å². The maximum atomic E-state index is 5.82. The Bertz CT molecular complexity index is 1130. The first-order valence-electron chi connectivity index (χ1n) is 8.49. The lowest BCUT2D eigenvalue weighted by molar-refractivity contribution is 0.976. The van der Waals surface area contributed by atoms with Crippen LogP contribution in [0, 0.1) is 4.77 Å². The maximum Gasteiger partial charge on any atom is 0.197 e. The van der Waals surface area contributed by atoms with Gasteiger partial charge in [-0.25, -0.2) is 15.0 Å². The van der Waals surface area contributed by atoms with E-state index in [0.29, 0.717) is 4.77 Å². The van der Waals surface area contributed by atoms with Gasteiger partial charge in [0.1, 0.15) is 0 Å². The highest BCUT2D eigenvalue weighted by Crippen LogP contribution is 2.21. The average Bonchev–Trinajstić information content (AvgIpc) is 2.75. The Kier molecular flexibility index (Phi) is 7.77. The van der Waals surface area contributed by atoms with Crippen molar-refractivity contribution in [1.82, 2.24) is 19.9 Å². The molecule has 0 atom stereocenters. The highest BCUT2D eigenvalue weighted by atomic mass is 35.5. The fourth-order valence-electron chi connectivity index (χ4n) is 2.39. The lowest BCUT2D eigenvalue weighted by Crippen LogP contribution is -1.88. The normalized spacial score (nSPS) is 10.2. The van der Waals surface area contributed by atoms with Crippen LogP contribution in [0.25, 0.3) is 22.5 Å². The van der Waals surface area contributed by atoms with Crippen LogP contribution in [0.2, 0.25) is 10.0 Å². The first-order valence-corrected chi connectivity index (χ1v) is 10.9. The van der Waals surface area contributed by atoms with E-state index in [1.54, 1.807) is 12.4 Å². The van der Waals surface area contributed by atoms with Gasteiger partial charge in [-0.1, -0.05) is 59.2 Å². The first kappa shape index (κ1) is 21.5. The second-order valence-corrected chi connectivity index (χ2v) is 7.76. The molecule has 2 aromatic carbocycles. The van der Waals surface area contributed by atoms with Crippen molar-refractivity contribution in [2.45, 2.75) is 5.16 Å². The smallest absolute Gasteiger partial charge is 0.197 e. The molecule has 8 heteroatoms. The highest BCUT2D eigenvalue weighted by molar-refractivity contribution is 7.98. The summed E-state index contributed by atoms with van der Waals surface area (Å²) in [4.78, 5) is 15.4. The van der Waals surface area contributed by atoms with Crippen molar-refractivity contribution < 1.29 is 0 Å². The molecule has 0 spiro atoms. The molecule has 0 radical (unpaired) electrons. The van der Waals surface area contributed by atoms with E-state index < -0.39 is 0 Å². The van der Waals surface area contributed by atoms with Crippen LogP contribution in [0.5, 0.6) is 0 Å². The molecule has 0 bridgehead atoms. The summed E-state index contributed by atoms with van der Waals surface area (Å²) in [6, 6.07) is 18.9. The summed E-state index contributed by atoms with van der Waals surface area (Å²) in [5.41, 5.74) is 3.97. The quantitative estimate of drug-likeness (QED) is 0.204. The van der Waals surface area contributed by atoms with E-state index in [4.69, 9.17) is 35.4 Å². The van der Waals surface area contributed by atoms with E-state index >= 15 is 0 Å². The highest BCUT2D eigenvalue weighted by Gasteiger charge is 2.01. The maximum absolute atomic E-state index is 5.82. The number of H-pyrrole nitrogens is 1. The van der Waals surface area contributed by atoms with E-state index in [1.807, 2.05) is 66.9 Å². The molecule has 1 N–H and O–H groups in total. The van der Waals surface area contributed by atoms with Crippen molar-refractivity contribution in [1.29, 1.82) is 0 Å². The summed E-state index contributed by atoms with van der Waals surface area (Å²) in [6.45, 7) is 0. The fraction of sp³-hybridized carbons (Fsp3) is 0.0476. The summed E-state index contributed by atoms with van der Waals surface area (Å²) in [6.07, 6.45) is 5.41. The molecule has 0 aliphatic rings. The van der Waals surface area contributed by atoms with Crippen LogP contribution in [-0.2, 0) is 0 Å². The van der Waals surface area contributed by atoms with Crippen LogP contribution in [0.3, 0.4) is 0 Å². The van der Waals surface area contributed by atoms with Crippen molar-refractivity contribution in [2.75, 3.05) is 6.26 Å². The van der Waals surface area contributed by atoms with Crippen molar-refractivity contribution in [3.8, 4) is 22.5 Å². The zero-order chi connectivity index (χ0) is 20.6. The zero-order valence-corrected chi connectivity index (χ0v) is 18.5. The van der Waals surface area contributed by atoms with E-state index in [2.05, 4.69) is 19.9 Å². The lowest BCUT2D eigenvalue weighted by atomic mass is 10.1. The molecule has 0 saturated heterocycles. The number of halogens is 2. The lowest BCUT2D eigenvalue weighted by Gasteiger charge is -2.01. The van der Waals surface area contributed by atoms with Gasteiger partial charge in [-0.2, -0.15) is 0 Å². The molecule has 146 valence electrons. The fourth-order valence-corrected chi connectivity index (χ4v) is 3.17. The third kappa shape index (κ3) is 6.37. The van der Waals surface area contributed by atoms with Gasteiger partial charge >= 0.3 is 0 Å². The van der Waals surface area contributed by atoms with Crippen molar-refractivity contribution in [3.05, 3.63) is 87.9 Å². The molecule has 4 aromatic rings. The predicted molar refractivity (Wildman–Crippen MR) is 124 cm³/mol. The Morgan fingerprint density at radius 3 is 1.97 bits per heavy atom. The molecule has 0 aliphatic carbocycles. The summed E-state index contributed by atoms with van der Waals surface area (Å²) in [7, 11) is 0. The van der Waals surface area contributed by atoms with Crippen LogP contribution in [0.1, 0.15) is 0 Å². The molecule has 0 amide bonds. The first-order chi connectivity index (χ1) is 14.0. The number of benzene rings is 2. The number of thioether (sulfide) groups is 1. The second kappa shape index (κ2) is 10.5. The summed E-state index contributed by atoms with van der Waals surface area (Å²) >= 11 is 18.1. The number of hydrogen-bond donors (Lipinski definition) is 1. The Balaban J connectivity index is 0.000000166. The Morgan fingerprint density at radius 1 is 0.793 bits per heavy atom. The number of nitrogens with zero attached hydrogens (tertiary/aromatic N) is 3. The molecule has 0 unspecified atom stereocenters. The molecule has 0 fully saturated rings. The van der Waals surface area contributed by atoms with E-state index in [1.165, 1.54) is 11.8 Å². The topological polar surface area (TPSA) is 54.5 Å². The number of aromatic nitrogens is 4. The van der Waals surface area contributed by atoms with Gasteiger partial charge in [-0.3, -0.25) is 0 Å². The molecule has 2 heterocycles. The van der Waals surface area contributed by atoms with Crippen LogP contribution < -0.4 is 0 Å². The van der Waals surface area contributed by atoms with Crippen LogP contribution in [0.4, 0.5) is 0 Å². The average molecular weight is 459 g/mol. The minimum Gasteiger partial charge on any atom is -0.330 e. The van der Waals surface area contributed by atoms with Crippen molar-refractivity contribution in [2.24, 2.45) is 0 Å². The Hall–Kier alpha value is -2.25. The van der Waals surface area contributed by atoms with Crippen molar-refractivity contribution in [3.63, 3.8) is 0 Å². The zero-order valence-electron chi connectivity index (χ0n) is 15.3. The minimum absolute atomic E-state index is 0.484. The number of aromatic amines is 1. The number of nitrogens with one attached hydrogen (secondary N) is 1.